The van der Waals surface area contributed by atoms with E-state index in [1.54, 1.807) is 6.08 Å². The molecule has 78 valence electrons. The maximum Gasteiger partial charge on any atom is 0.334 e. The van der Waals surface area contributed by atoms with Crippen LogP contribution in [0.3, 0.4) is 0 Å². The zero-order valence-electron chi connectivity index (χ0n) is 8.78. The van der Waals surface area contributed by atoms with Crippen LogP contribution in [-0.2, 0) is 9.53 Å². The van der Waals surface area contributed by atoms with Gasteiger partial charge in [0.15, 0.2) is 5.54 Å². The molecule has 3 nitrogen and oxygen atoms in total. The summed E-state index contributed by atoms with van der Waals surface area (Å²) in [4.78, 5) is 11.3. The largest absolute Gasteiger partial charge is 0.467 e. The van der Waals surface area contributed by atoms with Gasteiger partial charge >= 0.3 is 5.97 Å². The summed E-state index contributed by atoms with van der Waals surface area (Å²) in [5.74, 6) is -0.405. The van der Waals surface area contributed by atoms with E-state index in [2.05, 4.69) is 4.74 Å². The number of hydrogen-bond donors (Lipinski definition) is 1. The molecule has 15 heavy (non-hydrogen) atoms. The van der Waals surface area contributed by atoms with Crippen LogP contribution in [0.5, 0.6) is 0 Å². The molecule has 0 bridgehead atoms. The van der Waals surface area contributed by atoms with Crippen LogP contribution in [0, 0.1) is 6.92 Å². The lowest BCUT2D eigenvalue weighted by atomic mass is 10.0. The zero-order chi connectivity index (χ0) is 11.1. The predicted molar refractivity (Wildman–Crippen MR) is 58.1 cm³/mol. The van der Waals surface area contributed by atoms with Crippen molar-refractivity contribution in [3.8, 4) is 0 Å². The summed E-state index contributed by atoms with van der Waals surface area (Å²) in [6.07, 6.45) is 1.73. The monoisotopic (exact) mass is 203 g/mol. The van der Waals surface area contributed by atoms with Crippen molar-refractivity contribution in [2.75, 3.05) is 7.11 Å². The maximum absolute atomic E-state index is 11.3. The molecule has 1 aromatic carbocycles. The molecule has 0 heterocycles. The molecule has 2 N–H and O–H groups in total. The van der Waals surface area contributed by atoms with Gasteiger partial charge in [-0.1, -0.05) is 29.8 Å². The van der Waals surface area contributed by atoms with Crippen molar-refractivity contribution in [2.24, 2.45) is 5.73 Å². The van der Waals surface area contributed by atoms with E-state index in [-0.39, 0.29) is 0 Å². The highest BCUT2D eigenvalue weighted by atomic mass is 16.5. The zero-order valence-corrected chi connectivity index (χ0v) is 8.78. The first kappa shape index (κ1) is 9.93. The molecule has 0 unspecified atom stereocenters. The molecule has 3 heteroatoms. The Labute approximate surface area is 88.5 Å². The SMILES string of the molecule is COC(=O)[C@@]1(N)C=C1c1ccc(C)cc1. The van der Waals surface area contributed by atoms with Crippen LogP contribution in [0.4, 0.5) is 0 Å². The molecule has 0 saturated heterocycles. The molecule has 0 radical (unpaired) electrons. The van der Waals surface area contributed by atoms with E-state index in [0.717, 1.165) is 11.1 Å². The Balaban J connectivity index is 2.20. The molecular formula is C12H13NO2. The second-order valence-corrected chi connectivity index (χ2v) is 3.78. The van der Waals surface area contributed by atoms with Crippen LogP contribution in [0.2, 0.25) is 0 Å². The van der Waals surface area contributed by atoms with Crippen LogP contribution in [0.25, 0.3) is 5.57 Å². The normalized spacial score (nSPS) is 23.3. The maximum atomic E-state index is 11.3. The summed E-state index contributed by atoms with van der Waals surface area (Å²) in [7, 11) is 1.34. The number of benzene rings is 1. The van der Waals surface area contributed by atoms with Gasteiger partial charge in [0.25, 0.3) is 0 Å². The van der Waals surface area contributed by atoms with E-state index in [0.29, 0.717) is 0 Å². The fraction of sp³-hybridized carbons (Fsp3) is 0.250. The Morgan fingerprint density at radius 1 is 1.33 bits per heavy atom. The standard InChI is InChI=1S/C12H13NO2/c1-8-3-5-9(6-4-8)10-7-12(10,13)11(14)15-2/h3-7H,13H2,1-2H3/t12-/m1/s1. The lowest BCUT2D eigenvalue weighted by Gasteiger charge is -2.09. The molecule has 0 amide bonds. The van der Waals surface area contributed by atoms with Crippen molar-refractivity contribution < 1.29 is 9.53 Å². The minimum absolute atomic E-state index is 0.405. The highest BCUT2D eigenvalue weighted by Gasteiger charge is 2.49. The van der Waals surface area contributed by atoms with Gasteiger partial charge in [-0.05, 0) is 24.1 Å². The number of rotatable bonds is 2. The van der Waals surface area contributed by atoms with Crippen LogP contribution in [0.1, 0.15) is 11.1 Å². The number of nitrogens with two attached hydrogens (primary N) is 1. The van der Waals surface area contributed by atoms with Crippen molar-refractivity contribution >= 4 is 11.5 Å². The van der Waals surface area contributed by atoms with Crippen molar-refractivity contribution in [3.05, 3.63) is 41.5 Å². The fourth-order valence-electron chi connectivity index (χ4n) is 1.58. The Hall–Kier alpha value is -1.61. The third-order valence-electron chi connectivity index (χ3n) is 2.62. The van der Waals surface area contributed by atoms with Gasteiger partial charge < -0.3 is 10.5 Å². The van der Waals surface area contributed by atoms with E-state index >= 15 is 0 Å². The average Bonchev–Trinajstić information content (AvgIpc) is 2.92. The van der Waals surface area contributed by atoms with Gasteiger partial charge in [-0.3, -0.25) is 0 Å². The van der Waals surface area contributed by atoms with Crippen molar-refractivity contribution in [1.82, 2.24) is 0 Å². The number of ether oxygens (including phenoxy) is 1. The fourth-order valence-corrected chi connectivity index (χ4v) is 1.58. The third kappa shape index (κ3) is 1.55. The molecule has 0 fully saturated rings. The number of esters is 1. The molecule has 2 rings (SSSR count). The predicted octanol–water partition coefficient (Wildman–Crippen LogP) is 1.26. The molecule has 0 spiro atoms. The third-order valence-corrected chi connectivity index (χ3v) is 2.62. The summed E-state index contributed by atoms with van der Waals surface area (Å²) in [6, 6.07) is 7.90. The second-order valence-electron chi connectivity index (χ2n) is 3.78. The summed E-state index contributed by atoms with van der Waals surface area (Å²) < 4.78 is 4.64. The summed E-state index contributed by atoms with van der Waals surface area (Å²) in [6.45, 7) is 2.01. The topological polar surface area (TPSA) is 52.3 Å². The summed E-state index contributed by atoms with van der Waals surface area (Å²) >= 11 is 0. The minimum Gasteiger partial charge on any atom is -0.467 e. The molecule has 1 aromatic rings. The van der Waals surface area contributed by atoms with Crippen molar-refractivity contribution in [2.45, 2.75) is 12.5 Å². The highest BCUT2D eigenvalue weighted by Crippen LogP contribution is 2.41. The first-order valence-electron chi connectivity index (χ1n) is 4.75. The Bertz CT molecular complexity index is 433. The molecule has 1 aliphatic carbocycles. The Morgan fingerprint density at radius 2 is 1.93 bits per heavy atom. The molecular weight excluding hydrogens is 190 g/mol. The minimum atomic E-state index is -0.996. The molecule has 1 atom stereocenters. The van der Waals surface area contributed by atoms with Gasteiger partial charge in [0.1, 0.15) is 0 Å². The smallest absolute Gasteiger partial charge is 0.334 e. The summed E-state index contributed by atoms with van der Waals surface area (Å²) in [5, 5.41) is 0. The van der Waals surface area contributed by atoms with Gasteiger partial charge in [-0.15, -0.1) is 0 Å². The quantitative estimate of drug-likeness (QED) is 0.736. The Kier molecular flexibility index (Phi) is 2.12. The lowest BCUT2D eigenvalue weighted by molar-refractivity contribution is -0.142. The van der Waals surface area contributed by atoms with Gasteiger partial charge in [-0.2, -0.15) is 0 Å². The number of methoxy groups -OCH3 is 1. The van der Waals surface area contributed by atoms with E-state index < -0.39 is 11.5 Å². The number of aryl methyl sites for hydroxylation is 1. The highest BCUT2D eigenvalue weighted by molar-refractivity contribution is 6.10. The van der Waals surface area contributed by atoms with Crippen molar-refractivity contribution in [1.29, 1.82) is 0 Å². The molecule has 0 aromatic heterocycles. The van der Waals surface area contributed by atoms with Gasteiger partial charge in [0.2, 0.25) is 0 Å². The number of carbonyl (C=O) groups excluding carboxylic acids is 1. The Morgan fingerprint density at radius 3 is 2.47 bits per heavy atom. The number of hydrogen-bond acceptors (Lipinski definition) is 3. The van der Waals surface area contributed by atoms with E-state index in [4.69, 9.17) is 5.73 Å². The number of carbonyl (C=O) groups is 1. The first-order chi connectivity index (χ1) is 7.08. The van der Waals surface area contributed by atoms with E-state index in [9.17, 15) is 4.79 Å². The molecule has 0 aliphatic heterocycles. The van der Waals surface area contributed by atoms with Crippen molar-refractivity contribution in [3.63, 3.8) is 0 Å². The first-order valence-corrected chi connectivity index (χ1v) is 4.75. The van der Waals surface area contributed by atoms with Crippen LogP contribution >= 0.6 is 0 Å². The van der Waals surface area contributed by atoms with Crippen LogP contribution in [-0.4, -0.2) is 18.6 Å². The molecule has 0 saturated carbocycles. The second kappa shape index (κ2) is 3.21. The lowest BCUT2D eigenvalue weighted by Crippen LogP contribution is -2.37. The van der Waals surface area contributed by atoms with E-state index in [1.807, 2.05) is 31.2 Å². The van der Waals surface area contributed by atoms with Crippen LogP contribution in [0.15, 0.2) is 30.3 Å². The van der Waals surface area contributed by atoms with Gasteiger partial charge in [0.05, 0.1) is 7.11 Å². The van der Waals surface area contributed by atoms with Gasteiger partial charge in [-0.25, -0.2) is 4.79 Å². The van der Waals surface area contributed by atoms with Gasteiger partial charge in [0, 0.05) is 0 Å². The summed E-state index contributed by atoms with van der Waals surface area (Å²) in [5.41, 5.74) is 7.86. The molecule has 1 aliphatic rings. The average molecular weight is 203 g/mol. The van der Waals surface area contributed by atoms with Crippen LogP contribution < -0.4 is 5.73 Å². The van der Waals surface area contributed by atoms with E-state index in [1.165, 1.54) is 12.7 Å².